The van der Waals surface area contributed by atoms with E-state index in [1.807, 2.05) is 31.2 Å². The van der Waals surface area contributed by atoms with Crippen LogP contribution in [0.4, 0.5) is 4.39 Å². The van der Waals surface area contributed by atoms with Crippen LogP contribution in [0, 0.1) is 12.7 Å². The first-order valence-corrected chi connectivity index (χ1v) is 10.1. The van der Waals surface area contributed by atoms with Crippen molar-refractivity contribution in [3.8, 4) is 23.0 Å². The molecule has 0 spiro atoms. The Kier molecular flexibility index (Phi) is 6.25. The van der Waals surface area contributed by atoms with Crippen LogP contribution in [-0.2, 0) is 4.79 Å². The molecule has 164 valence electrons. The van der Waals surface area contributed by atoms with Crippen molar-refractivity contribution in [3.05, 3.63) is 72.0 Å². The molecule has 1 amide bonds. The van der Waals surface area contributed by atoms with E-state index < -0.39 is 6.10 Å². The van der Waals surface area contributed by atoms with E-state index in [-0.39, 0.29) is 24.9 Å². The molecule has 0 bridgehead atoms. The lowest BCUT2D eigenvalue weighted by atomic mass is 10.2. The lowest BCUT2D eigenvalue weighted by Crippen LogP contribution is -2.38. The van der Waals surface area contributed by atoms with Crippen LogP contribution in [0.3, 0.4) is 0 Å². The first-order chi connectivity index (χ1) is 15.5. The zero-order chi connectivity index (χ0) is 22.5. The molecule has 2 heterocycles. The van der Waals surface area contributed by atoms with Crippen LogP contribution in [0.1, 0.15) is 12.5 Å². The first-order valence-electron chi connectivity index (χ1n) is 10.1. The van der Waals surface area contributed by atoms with E-state index in [0.29, 0.717) is 28.7 Å². The number of carbonyl (C=O) groups excluding carboxylic acids is 1. The van der Waals surface area contributed by atoms with Gasteiger partial charge in [-0.25, -0.2) is 4.39 Å². The minimum atomic E-state index is -0.637. The number of carbonyl (C=O) groups is 1. The van der Waals surface area contributed by atoms with Gasteiger partial charge >= 0.3 is 0 Å². The topological polar surface area (TPSA) is 90.6 Å². The average molecular weight is 435 g/mol. The van der Waals surface area contributed by atoms with Crippen molar-refractivity contribution >= 4 is 11.6 Å². The number of hydrogen-bond donors (Lipinski definition) is 1. The average Bonchev–Trinajstić information content (AvgIpc) is 3.20. The third-order valence-corrected chi connectivity index (χ3v) is 4.66. The zero-order valence-electron chi connectivity index (χ0n) is 17.7. The van der Waals surface area contributed by atoms with Crippen LogP contribution in [-0.4, -0.2) is 45.0 Å². The van der Waals surface area contributed by atoms with Crippen molar-refractivity contribution in [2.24, 2.45) is 0 Å². The van der Waals surface area contributed by atoms with Gasteiger partial charge < -0.3 is 14.8 Å². The molecule has 2 aromatic heterocycles. The fourth-order valence-corrected chi connectivity index (χ4v) is 3.05. The fourth-order valence-electron chi connectivity index (χ4n) is 3.05. The highest BCUT2D eigenvalue weighted by Crippen LogP contribution is 2.19. The van der Waals surface area contributed by atoms with Gasteiger partial charge in [-0.1, -0.05) is 12.1 Å². The summed E-state index contributed by atoms with van der Waals surface area (Å²) in [6.45, 7) is 4.16. The number of benzene rings is 2. The monoisotopic (exact) mass is 435 g/mol. The van der Waals surface area contributed by atoms with Crippen molar-refractivity contribution < 1.29 is 18.7 Å². The molecule has 4 aromatic rings. The number of aromatic nitrogens is 4. The molecule has 0 aliphatic heterocycles. The van der Waals surface area contributed by atoms with E-state index in [0.717, 1.165) is 5.56 Å². The molecule has 2 aromatic carbocycles. The predicted octanol–water partition coefficient (Wildman–Crippen LogP) is 3.20. The molecular formula is C23H22FN5O3. The van der Waals surface area contributed by atoms with Crippen molar-refractivity contribution in [1.82, 2.24) is 25.1 Å². The predicted molar refractivity (Wildman–Crippen MR) is 116 cm³/mol. The summed E-state index contributed by atoms with van der Waals surface area (Å²) in [7, 11) is 0. The summed E-state index contributed by atoms with van der Waals surface area (Å²) < 4.78 is 26.0. The van der Waals surface area contributed by atoms with Crippen molar-refractivity contribution in [2.75, 3.05) is 13.2 Å². The SMILES string of the molecule is Cc1cccc(OC(C)C(=O)NCCOc2ccc3nnc(-c4ccc(F)cc4)n3n2)c1. The third-order valence-electron chi connectivity index (χ3n) is 4.66. The van der Waals surface area contributed by atoms with E-state index in [9.17, 15) is 9.18 Å². The molecule has 8 nitrogen and oxygen atoms in total. The van der Waals surface area contributed by atoms with Crippen LogP contribution >= 0.6 is 0 Å². The Hall–Kier alpha value is -4.01. The summed E-state index contributed by atoms with van der Waals surface area (Å²) in [5.74, 6) is 0.892. The molecule has 0 aliphatic carbocycles. The molecule has 1 N–H and O–H groups in total. The molecule has 1 atom stereocenters. The van der Waals surface area contributed by atoms with Gasteiger partial charge in [0.1, 0.15) is 18.2 Å². The smallest absolute Gasteiger partial charge is 0.260 e. The summed E-state index contributed by atoms with van der Waals surface area (Å²) in [6, 6.07) is 16.8. The Morgan fingerprint density at radius 1 is 1.12 bits per heavy atom. The molecule has 1 unspecified atom stereocenters. The minimum absolute atomic E-state index is 0.218. The van der Waals surface area contributed by atoms with Gasteiger partial charge in [0.25, 0.3) is 5.91 Å². The van der Waals surface area contributed by atoms with Gasteiger partial charge in [0.2, 0.25) is 5.88 Å². The van der Waals surface area contributed by atoms with E-state index in [1.54, 1.807) is 31.2 Å². The van der Waals surface area contributed by atoms with Crippen LogP contribution in [0.25, 0.3) is 17.0 Å². The van der Waals surface area contributed by atoms with Gasteiger partial charge in [-0.2, -0.15) is 4.52 Å². The minimum Gasteiger partial charge on any atom is -0.481 e. The molecule has 4 rings (SSSR count). The first kappa shape index (κ1) is 21.2. The highest BCUT2D eigenvalue weighted by Gasteiger charge is 2.14. The molecule has 32 heavy (non-hydrogen) atoms. The number of nitrogens with one attached hydrogen (secondary N) is 1. The van der Waals surface area contributed by atoms with Crippen molar-refractivity contribution in [3.63, 3.8) is 0 Å². The van der Waals surface area contributed by atoms with Crippen molar-refractivity contribution in [2.45, 2.75) is 20.0 Å². The third kappa shape index (κ3) is 5.00. The number of amides is 1. The lowest BCUT2D eigenvalue weighted by Gasteiger charge is -2.15. The van der Waals surface area contributed by atoms with E-state index in [1.165, 1.54) is 16.6 Å². The van der Waals surface area contributed by atoms with Crippen LogP contribution in [0.2, 0.25) is 0 Å². The quantitative estimate of drug-likeness (QED) is 0.428. The van der Waals surface area contributed by atoms with Crippen LogP contribution < -0.4 is 14.8 Å². The van der Waals surface area contributed by atoms with Crippen molar-refractivity contribution in [1.29, 1.82) is 0 Å². The molecule has 0 fully saturated rings. The molecule has 9 heteroatoms. The Bertz CT molecular complexity index is 1230. The number of halogens is 1. The Labute approximate surface area is 184 Å². The molecule has 0 radical (unpaired) electrons. The second-order valence-corrected chi connectivity index (χ2v) is 7.19. The highest BCUT2D eigenvalue weighted by molar-refractivity contribution is 5.80. The maximum Gasteiger partial charge on any atom is 0.260 e. The molecular weight excluding hydrogens is 413 g/mol. The Morgan fingerprint density at radius 3 is 2.72 bits per heavy atom. The highest BCUT2D eigenvalue weighted by atomic mass is 19.1. The maximum atomic E-state index is 13.2. The fraction of sp³-hybridized carbons (Fsp3) is 0.217. The summed E-state index contributed by atoms with van der Waals surface area (Å²) in [4.78, 5) is 12.3. The van der Waals surface area contributed by atoms with Gasteiger partial charge in [-0.15, -0.1) is 15.3 Å². The summed E-state index contributed by atoms with van der Waals surface area (Å²) >= 11 is 0. The number of nitrogens with zero attached hydrogens (tertiary/aromatic N) is 4. The number of rotatable bonds is 8. The standard InChI is InChI=1S/C23H22FN5O3/c1-15-4-3-5-19(14-15)32-16(2)23(30)25-12-13-31-21-11-10-20-26-27-22(29(20)28-21)17-6-8-18(24)9-7-17/h3-11,14,16H,12-13H2,1-2H3,(H,25,30). The number of aryl methyl sites for hydroxylation is 1. The second kappa shape index (κ2) is 9.42. The van der Waals surface area contributed by atoms with Gasteiger partial charge in [-0.05, 0) is 61.9 Å². The van der Waals surface area contributed by atoms with Crippen LogP contribution in [0.5, 0.6) is 11.6 Å². The van der Waals surface area contributed by atoms with E-state index >= 15 is 0 Å². The number of hydrogen-bond acceptors (Lipinski definition) is 6. The van der Waals surface area contributed by atoms with E-state index in [2.05, 4.69) is 20.6 Å². The Morgan fingerprint density at radius 2 is 1.94 bits per heavy atom. The normalized spacial score (nSPS) is 11.8. The van der Waals surface area contributed by atoms with E-state index in [4.69, 9.17) is 9.47 Å². The molecule has 0 aliphatic rings. The molecule has 0 saturated carbocycles. The zero-order valence-corrected chi connectivity index (χ0v) is 17.7. The maximum absolute atomic E-state index is 13.2. The van der Waals surface area contributed by atoms with Crippen LogP contribution in [0.15, 0.2) is 60.7 Å². The summed E-state index contributed by atoms with van der Waals surface area (Å²) in [5, 5.41) is 15.4. The van der Waals surface area contributed by atoms with Gasteiger partial charge in [0.15, 0.2) is 17.6 Å². The number of fused-ring (bicyclic) bond motifs is 1. The van der Waals surface area contributed by atoms with Gasteiger partial charge in [-0.3, -0.25) is 4.79 Å². The lowest BCUT2D eigenvalue weighted by molar-refractivity contribution is -0.127. The van der Waals surface area contributed by atoms with Gasteiger partial charge in [0, 0.05) is 11.6 Å². The largest absolute Gasteiger partial charge is 0.481 e. The van der Waals surface area contributed by atoms with Gasteiger partial charge in [0.05, 0.1) is 6.54 Å². The second-order valence-electron chi connectivity index (χ2n) is 7.19. The summed E-state index contributed by atoms with van der Waals surface area (Å²) in [6.07, 6.45) is -0.637. The summed E-state index contributed by atoms with van der Waals surface area (Å²) in [5.41, 5.74) is 2.27. The molecule has 0 saturated heterocycles. The number of ether oxygens (including phenoxy) is 2. The Balaban J connectivity index is 1.32.